The Morgan fingerprint density at radius 1 is 1.25 bits per heavy atom. The average molecular weight is 326 g/mol. The fourth-order valence-electron chi connectivity index (χ4n) is 1.29. The Kier molecular flexibility index (Phi) is 7.86. The van der Waals surface area contributed by atoms with E-state index < -0.39 is 30.0 Å². The van der Waals surface area contributed by atoms with Crippen LogP contribution < -0.4 is 10.5 Å². The number of rotatable bonds is 5. The second kappa shape index (κ2) is 8.29. The van der Waals surface area contributed by atoms with Gasteiger partial charge in [0.15, 0.2) is 0 Å². The van der Waals surface area contributed by atoms with Crippen LogP contribution in [-0.2, 0) is 9.53 Å². The molecule has 0 amide bonds. The van der Waals surface area contributed by atoms with Crippen molar-refractivity contribution >= 4 is 30.0 Å². The van der Waals surface area contributed by atoms with Gasteiger partial charge in [0, 0.05) is 11.1 Å². The number of hydrogen-bond acceptors (Lipinski definition) is 4. The Hall–Kier alpha value is -1.04. The van der Waals surface area contributed by atoms with Gasteiger partial charge >= 0.3 is 5.97 Å². The lowest BCUT2D eigenvalue weighted by molar-refractivity contribution is -0.153. The molecule has 1 rings (SSSR count). The quantitative estimate of drug-likeness (QED) is 0.845. The Morgan fingerprint density at radius 2 is 1.85 bits per heavy atom. The lowest BCUT2D eigenvalue weighted by Crippen LogP contribution is -2.37. The van der Waals surface area contributed by atoms with Crippen molar-refractivity contribution in [3.63, 3.8) is 0 Å². The highest BCUT2D eigenvalue weighted by molar-refractivity contribution is 6.30. The number of benzene rings is 1. The van der Waals surface area contributed by atoms with Crippen molar-refractivity contribution in [1.29, 1.82) is 0 Å². The largest absolute Gasteiger partial charge is 0.487 e. The van der Waals surface area contributed by atoms with Gasteiger partial charge in [0.25, 0.3) is 0 Å². The van der Waals surface area contributed by atoms with Crippen LogP contribution in [-0.4, -0.2) is 24.2 Å². The topological polar surface area (TPSA) is 61.6 Å². The molecule has 7 heteroatoms. The molecule has 0 bridgehead atoms. The van der Waals surface area contributed by atoms with Crippen molar-refractivity contribution in [2.24, 2.45) is 5.73 Å². The summed E-state index contributed by atoms with van der Waals surface area (Å²) >= 11 is 5.72. The maximum atomic E-state index is 13.1. The lowest BCUT2D eigenvalue weighted by Gasteiger charge is -2.22. The predicted octanol–water partition coefficient (Wildman–Crippen LogP) is 2.95. The van der Waals surface area contributed by atoms with Crippen LogP contribution in [0.2, 0.25) is 5.02 Å². The summed E-state index contributed by atoms with van der Waals surface area (Å²) in [6, 6.07) is 3.18. The first kappa shape index (κ1) is 19.0. The summed E-state index contributed by atoms with van der Waals surface area (Å²) < 4.78 is 23.7. The first-order valence-electron chi connectivity index (χ1n) is 5.88. The Morgan fingerprint density at radius 3 is 2.35 bits per heavy atom. The third-order valence-electron chi connectivity index (χ3n) is 2.49. The van der Waals surface area contributed by atoms with Crippen molar-refractivity contribution in [1.82, 2.24) is 0 Å². The minimum atomic E-state index is -0.696. The SMILES string of the molecule is C[C@H](N)C(=O)O[C@@H](C)[C@@H](C)Oc1cc(F)cc(Cl)c1.Cl. The van der Waals surface area contributed by atoms with Gasteiger partial charge in [-0.15, -0.1) is 12.4 Å². The molecule has 114 valence electrons. The van der Waals surface area contributed by atoms with Crippen molar-refractivity contribution < 1.29 is 18.7 Å². The molecular weight excluding hydrogens is 308 g/mol. The molecule has 0 spiro atoms. The van der Waals surface area contributed by atoms with Gasteiger partial charge in [-0.25, -0.2) is 4.39 Å². The van der Waals surface area contributed by atoms with E-state index in [0.717, 1.165) is 0 Å². The van der Waals surface area contributed by atoms with Crippen LogP contribution in [0.1, 0.15) is 20.8 Å². The van der Waals surface area contributed by atoms with E-state index in [4.69, 9.17) is 26.8 Å². The zero-order chi connectivity index (χ0) is 14.6. The molecule has 0 heterocycles. The first-order chi connectivity index (χ1) is 8.79. The average Bonchev–Trinajstić information content (AvgIpc) is 2.26. The van der Waals surface area contributed by atoms with Gasteiger partial charge in [-0.1, -0.05) is 11.6 Å². The van der Waals surface area contributed by atoms with Crippen molar-refractivity contribution in [2.45, 2.75) is 39.0 Å². The fourth-order valence-corrected chi connectivity index (χ4v) is 1.51. The summed E-state index contributed by atoms with van der Waals surface area (Å²) in [7, 11) is 0. The van der Waals surface area contributed by atoms with Gasteiger partial charge in [0.2, 0.25) is 0 Å². The number of hydrogen-bond donors (Lipinski definition) is 1. The number of nitrogens with two attached hydrogens (primary N) is 1. The van der Waals surface area contributed by atoms with Crippen molar-refractivity contribution in [3.05, 3.63) is 29.0 Å². The summed E-state index contributed by atoms with van der Waals surface area (Å²) in [5, 5.41) is 0.238. The number of carbonyl (C=O) groups is 1. The predicted molar refractivity (Wildman–Crippen MR) is 78.0 cm³/mol. The molecule has 1 aromatic rings. The highest BCUT2D eigenvalue weighted by atomic mass is 35.5. The summed E-state index contributed by atoms with van der Waals surface area (Å²) in [6.07, 6.45) is -0.971. The molecule has 3 atom stereocenters. The van der Waals surface area contributed by atoms with Crippen LogP contribution >= 0.6 is 24.0 Å². The number of ether oxygens (including phenoxy) is 2. The molecule has 0 aliphatic rings. The van der Waals surface area contributed by atoms with Crippen LogP contribution in [0.15, 0.2) is 18.2 Å². The smallest absolute Gasteiger partial charge is 0.323 e. The van der Waals surface area contributed by atoms with E-state index in [1.807, 2.05) is 0 Å². The lowest BCUT2D eigenvalue weighted by atomic mass is 10.2. The van der Waals surface area contributed by atoms with Crippen molar-refractivity contribution in [2.75, 3.05) is 0 Å². The number of carbonyl (C=O) groups excluding carboxylic acids is 1. The second-order valence-corrected chi connectivity index (χ2v) is 4.80. The molecule has 0 aliphatic heterocycles. The highest BCUT2D eigenvalue weighted by Crippen LogP contribution is 2.22. The molecule has 0 fully saturated rings. The van der Waals surface area contributed by atoms with E-state index in [2.05, 4.69) is 0 Å². The summed E-state index contributed by atoms with van der Waals surface area (Å²) in [5.41, 5.74) is 5.39. The van der Waals surface area contributed by atoms with Crippen LogP contribution in [0.25, 0.3) is 0 Å². The molecule has 0 saturated heterocycles. The van der Waals surface area contributed by atoms with Gasteiger partial charge in [0.05, 0.1) is 0 Å². The van der Waals surface area contributed by atoms with Gasteiger partial charge < -0.3 is 15.2 Å². The fraction of sp³-hybridized carbons (Fsp3) is 0.462. The number of halogens is 3. The second-order valence-electron chi connectivity index (χ2n) is 4.36. The van der Waals surface area contributed by atoms with E-state index in [9.17, 15) is 9.18 Å². The van der Waals surface area contributed by atoms with E-state index in [0.29, 0.717) is 0 Å². The van der Waals surface area contributed by atoms with Gasteiger partial charge in [0.1, 0.15) is 29.8 Å². The summed E-state index contributed by atoms with van der Waals surface area (Å²) in [6.45, 7) is 4.91. The summed E-state index contributed by atoms with van der Waals surface area (Å²) in [4.78, 5) is 11.3. The Bertz CT molecular complexity index is 437. The number of esters is 1. The normalized spacial score (nSPS) is 14.7. The molecule has 4 nitrogen and oxygen atoms in total. The van der Waals surface area contributed by atoms with E-state index in [1.165, 1.54) is 25.1 Å². The highest BCUT2D eigenvalue weighted by Gasteiger charge is 2.20. The Balaban J connectivity index is 0.00000361. The molecule has 0 saturated carbocycles. The molecule has 0 unspecified atom stereocenters. The van der Waals surface area contributed by atoms with E-state index >= 15 is 0 Å². The molecule has 0 aromatic heterocycles. The molecular formula is C13H18Cl2FNO3. The van der Waals surface area contributed by atoms with Crippen LogP contribution in [0, 0.1) is 5.82 Å². The maximum Gasteiger partial charge on any atom is 0.323 e. The van der Waals surface area contributed by atoms with Crippen molar-refractivity contribution in [3.8, 4) is 5.75 Å². The molecule has 0 aliphatic carbocycles. The van der Waals surface area contributed by atoms with Crippen LogP contribution in [0.5, 0.6) is 5.75 Å². The van der Waals surface area contributed by atoms with Crippen LogP contribution in [0.4, 0.5) is 4.39 Å². The zero-order valence-electron chi connectivity index (χ0n) is 11.4. The minimum absolute atomic E-state index is 0. The summed E-state index contributed by atoms with van der Waals surface area (Å²) in [5.74, 6) is -0.726. The van der Waals surface area contributed by atoms with E-state index in [1.54, 1.807) is 13.8 Å². The van der Waals surface area contributed by atoms with Gasteiger partial charge in [-0.05, 0) is 32.9 Å². The maximum absolute atomic E-state index is 13.1. The third kappa shape index (κ3) is 5.94. The first-order valence-corrected chi connectivity index (χ1v) is 6.26. The standard InChI is InChI=1S/C13H17ClFNO3.ClH/c1-7(16)13(17)19-9(3)8(2)18-12-5-10(14)4-11(15)6-12;/h4-9H,16H2,1-3H3;1H/t7-,8+,9-;/m0./s1. The Labute approximate surface area is 128 Å². The monoisotopic (exact) mass is 325 g/mol. The molecule has 20 heavy (non-hydrogen) atoms. The zero-order valence-corrected chi connectivity index (χ0v) is 13.0. The molecule has 2 N–H and O–H groups in total. The van der Waals surface area contributed by atoms with Crippen LogP contribution in [0.3, 0.4) is 0 Å². The third-order valence-corrected chi connectivity index (χ3v) is 2.71. The molecule has 0 radical (unpaired) electrons. The van der Waals surface area contributed by atoms with Gasteiger partial charge in [-0.2, -0.15) is 0 Å². The van der Waals surface area contributed by atoms with Gasteiger partial charge in [-0.3, -0.25) is 4.79 Å². The minimum Gasteiger partial charge on any atom is -0.487 e. The van der Waals surface area contributed by atoms with E-state index in [-0.39, 0.29) is 23.2 Å². The molecule has 1 aromatic carbocycles.